The number of amidine groups is 2. The molecule has 17 heavy (non-hydrogen) atoms. The van der Waals surface area contributed by atoms with Crippen LogP contribution in [0.25, 0.3) is 0 Å². The van der Waals surface area contributed by atoms with Crippen LogP contribution in [0.2, 0.25) is 0 Å². The van der Waals surface area contributed by atoms with E-state index in [1.807, 2.05) is 0 Å². The predicted octanol–water partition coefficient (Wildman–Crippen LogP) is -0.878. The molecular weight excluding hydrogens is 242 g/mol. The lowest BCUT2D eigenvalue weighted by Gasteiger charge is -2.15. The molecule has 0 fully saturated rings. The minimum absolute atomic E-state index is 0.217. The Hall–Kier alpha value is -1.54. The fourth-order valence-corrected chi connectivity index (χ4v) is 2.07. The van der Waals surface area contributed by atoms with E-state index in [4.69, 9.17) is 5.73 Å². The van der Waals surface area contributed by atoms with Crippen molar-refractivity contribution in [2.24, 2.45) is 15.7 Å². The number of urea groups is 1. The quantitative estimate of drug-likeness (QED) is 0.648. The largest absolute Gasteiger partial charge is 0.446 e. The molecular formula is C9H12N5O2S+. The summed E-state index contributed by atoms with van der Waals surface area (Å²) in [5, 5.41) is 0.476. The van der Waals surface area contributed by atoms with E-state index in [-0.39, 0.29) is 5.71 Å². The third-order valence-electron chi connectivity index (χ3n) is 2.37. The van der Waals surface area contributed by atoms with Gasteiger partial charge in [0.05, 0.1) is 14.1 Å². The van der Waals surface area contributed by atoms with Crippen molar-refractivity contribution in [3.05, 3.63) is 0 Å². The first kappa shape index (κ1) is 11.9. The van der Waals surface area contributed by atoms with Crippen LogP contribution in [0.3, 0.4) is 0 Å². The van der Waals surface area contributed by atoms with Gasteiger partial charge in [-0.2, -0.15) is 14.5 Å². The maximum atomic E-state index is 11.8. The van der Waals surface area contributed by atoms with Crippen LogP contribution in [0.5, 0.6) is 0 Å². The van der Waals surface area contributed by atoms with E-state index in [9.17, 15) is 9.59 Å². The molecule has 0 saturated carbocycles. The Bertz CT molecular complexity index is 494. The van der Waals surface area contributed by atoms with Gasteiger partial charge in [0.1, 0.15) is 0 Å². The van der Waals surface area contributed by atoms with Gasteiger partial charge in [-0.05, 0) is 0 Å². The Morgan fingerprint density at radius 2 is 2.12 bits per heavy atom. The van der Waals surface area contributed by atoms with Crippen LogP contribution < -0.4 is 5.73 Å². The topological polar surface area (TPSA) is 91.1 Å². The fraction of sp³-hybridized carbons (Fsp3) is 0.444. The van der Waals surface area contributed by atoms with Gasteiger partial charge < -0.3 is 5.73 Å². The van der Waals surface area contributed by atoms with Crippen LogP contribution in [0.15, 0.2) is 9.98 Å². The molecule has 2 N–H and O–H groups in total. The van der Waals surface area contributed by atoms with Gasteiger partial charge in [-0.1, -0.05) is 16.8 Å². The molecule has 0 aromatic carbocycles. The molecule has 0 aliphatic carbocycles. The Morgan fingerprint density at radius 1 is 1.41 bits per heavy atom. The normalized spacial score (nSPS) is 19.6. The summed E-state index contributed by atoms with van der Waals surface area (Å²) in [4.78, 5) is 32.8. The van der Waals surface area contributed by atoms with Crippen molar-refractivity contribution in [2.45, 2.75) is 0 Å². The summed E-state index contributed by atoms with van der Waals surface area (Å²) in [6, 6.07) is -0.405. The van der Waals surface area contributed by atoms with Crippen LogP contribution in [-0.4, -0.2) is 64.5 Å². The molecule has 2 aliphatic rings. The van der Waals surface area contributed by atoms with E-state index in [0.29, 0.717) is 23.3 Å². The molecule has 2 rings (SSSR count). The van der Waals surface area contributed by atoms with Crippen LogP contribution in [0.1, 0.15) is 0 Å². The number of fused-ring (bicyclic) bond motifs is 1. The lowest BCUT2D eigenvalue weighted by atomic mass is 10.2. The summed E-state index contributed by atoms with van der Waals surface area (Å²) in [6.45, 7) is 0.506. The second kappa shape index (κ2) is 4.38. The predicted molar refractivity (Wildman–Crippen MR) is 65.7 cm³/mol. The van der Waals surface area contributed by atoms with E-state index in [0.717, 1.165) is 4.90 Å². The first-order valence-corrected chi connectivity index (χ1v) is 5.98. The number of imide groups is 1. The molecule has 0 bridgehead atoms. The highest BCUT2D eigenvalue weighted by molar-refractivity contribution is 8.14. The monoisotopic (exact) mass is 254 g/mol. The highest BCUT2D eigenvalue weighted by Crippen LogP contribution is 2.15. The zero-order valence-electron chi connectivity index (χ0n) is 9.51. The maximum Gasteiger partial charge on any atom is 0.446 e. The number of aliphatic imine (C=N–C) groups is 2. The van der Waals surface area contributed by atoms with Crippen molar-refractivity contribution >= 4 is 40.4 Å². The molecule has 0 aromatic rings. The Labute approximate surface area is 102 Å². The Morgan fingerprint density at radius 3 is 2.76 bits per heavy atom. The number of thioether (sulfide) groups is 1. The van der Waals surface area contributed by atoms with Crippen molar-refractivity contribution in [1.82, 2.24) is 4.90 Å². The van der Waals surface area contributed by atoms with Gasteiger partial charge in [0.25, 0.3) is 5.17 Å². The molecule has 0 radical (unpaired) electrons. The molecule has 0 aromatic heterocycles. The first-order chi connectivity index (χ1) is 8.06. The molecule has 2 heterocycles. The molecule has 0 unspecified atom stereocenters. The summed E-state index contributed by atoms with van der Waals surface area (Å²) in [7, 11) is 2.99. The van der Waals surface area contributed by atoms with Gasteiger partial charge in [0, 0.05) is 12.3 Å². The van der Waals surface area contributed by atoms with Crippen molar-refractivity contribution in [1.29, 1.82) is 0 Å². The van der Waals surface area contributed by atoms with Crippen molar-refractivity contribution < 1.29 is 14.2 Å². The molecule has 0 saturated heterocycles. The average Bonchev–Trinajstić information content (AvgIpc) is 2.75. The highest BCUT2D eigenvalue weighted by atomic mass is 32.2. The summed E-state index contributed by atoms with van der Waals surface area (Å²) in [6.07, 6.45) is 0. The maximum absolute atomic E-state index is 11.8. The number of carbonyl (C=O) groups excluding carboxylic acids is 2. The number of rotatable bonds is 2. The van der Waals surface area contributed by atoms with E-state index in [2.05, 4.69) is 9.98 Å². The summed E-state index contributed by atoms with van der Waals surface area (Å²) in [5.41, 5.74) is 5.60. The average molecular weight is 254 g/mol. The van der Waals surface area contributed by atoms with Crippen molar-refractivity contribution in [3.63, 3.8) is 0 Å². The van der Waals surface area contributed by atoms with Crippen molar-refractivity contribution in [2.75, 3.05) is 26.4 Å². The van der Waals surface area contributed by atoms with E-state index in [1.54, 1.807) is 7.05 Å². The number of nitrogens with zero attached hydrogens (tertiary/aromatic N) is 4. The van der Waals surface area contributed by atoms with Gasteiger partial charge >= 0.3 is 17.8 Å². The highest BCUT2D eigenvalue weighted by Gasteiger charge is 2.44. The summed E-state index contributed by atoms with van der Waals surface area (Å²) < 4.78 is 1.32. The Balaban J connectivity index is 2.37. The third-order valence-corrected chi connectivity index (χ3v) is 3.25. The lowest BCUT2D eigenvalue weighted by molar-refractivity contribution is -0.401. The minimum Gasteiger partial charge on any atom is -0.330 e. The molecule has 0 spiro atoms. The number of nitrogens with two attached hydrogens (primary N) is 1. The SMILES string of the molecule is CN1C(=O)C2=NC(SCCN)=NC2=[N+](C)C1=O. The summed E-state index contributed by atoms with van der Waals surface area (Å²) >= 11 is 1.36. The van der Waals surface area contributed by atoms with E-state index < -0.39 is 11.9 Å². The standard InChI is InChI=1S/C9H12N5O2S/c1-13-6-5(7(15)14(2)9(13)16)11-8(12-6)17-4-3-10/h3-4,10H2,1-2H3/q+1. The van der Waals surface area contributed by atoms with E-state index >= 15 is 0 Å². The second-order valence-corrected chi connectivity index (χ2v) is 4.58. The van der Waals surface area contributed by atoms with Gasteiger partial charge in [0.15, 0.2) is 0 Å². The molecule has 3 amide bonds. The lowest BCUT2D eigenvalue weighted by Crippen LogP contribution is -2.51. The molecule has 0 atom stereocenters. The van der Waals surface area contributed by atoms with Gasteiger partial charge in [-0.3, -0.25) is 0 Å². The van der Waals surface area contributed by atoms with Gasteiger partial charge in [-0.15, -0.1) is 0 Å². The third kappa shape index (κ3) is 1.89. The molecule has 7 nitrogen and oxygen atoms in total. The van der Waals surface area contributed by atoms with Crippen LogP contribution in [0, 0.1) is 0 Å². The smallest absolute Gasteiger partial charge is 0.330 e. The van der Waals surface area contributed by atoms with Crippen molar-refractivity contribution in [3.8, 4) is 0 Å². The Kier molecular flexibility index (Phi) is 3.07. The van der Waals surface area contributed by atoms with Gasteiger partial charge in [-0.25, -0.2) is 9.59 Å². The molecule has 2 aliphatic heterocycles. The van der Waals surface area contributed by atoms with Crippen LogP contribution >= 0.6 is 11.8 Å². The van der Waals surface area contributed by atoms with Gasteiger partial charge in [0.2, 0.25) is 5.71 Å². The fourth-order valence-electron chi connectivity index (χ4n) is 1.47. The zero-order chi connectivity index (χ0) is 12.6. The molecule has 90 valence electrons. The number of hydrogen-bond donors (Lipinski definition) is 1. The zero-order valence-corrected chi connectivity index (χ0v) is 10.3. The minimum atomic E-state index is -0.421. The van der Waals surface area contributed by atoms with Crippen LogP contribution in [0.4, 0.5) is 4.79 Å². The number of amides is 3. The van der Waals surface area contributed by atoms with E-state index in [1.165, 1.54) is 23.4 Å². The number of carbonyl (C=O) groups is 2. The van der Waals surface area contributed by atoms with Crippen LogP contribution in [-0.2, 0) is 4.79 Å². The second-order valence-electron chi connectivity index (χ2n) is 3.52. The number of hydrogen-bond acceptors (Lipinski definition) is 6. The molecule has 8 heteroatoms. The summed E-state index contributed by atoms with van der Waals surface area (Å²) in [5.74, 6) is 0.567. The first-order valence-electron chi connectivity index (χ1n) is 4.99.